The van der Waals surface area contributed by atoms with Crippen LogP contribution in [0.25, 0.3) is 22.4 Å². The minimum Gasteiger partial charge on any atom is -0.442 e. The molecule has 1 fully saturated rings. The molecule has 1 spiro atoms. The molecule has 2 aliphatic rings. The number of benzene rings is 2. The van der Waals surface area contributed by atoms with Crippen molar-refractivity contribution in [2.45, 2.75) is 30.7 Å². The molecule has 2 aliphatic carbocycles. The van der Waals surface area contributed by atoms with Gasteiger partial charge in [0.15, 0.2) is 12.2 Å². The number of hydrogen-bond acceptors (Lipinski definition) is 5. The van der Waals surface area contributed by atoms with Crippen molar-refractivity contribution in [1.82, 2.24) is 15.2 Å². The molecule has 0 aliphatic heterocycles. The lowest BCUT2D eigenvalue weighted by Crippen LogP contribution is -2.08. The summed E-state index contributed by atoms with van der Waals surface area (Å²) in [5, 5.41) is 21.4. The highest BCUT2D eigenvalue weighted by Gasteiger charge is 2.52. The number of rotatable bonds is 3. The van der Waals surface area contributed by atoms with Crippen molar-refractivity contribution in [3.05, 3.63) is 65.7 Å². The van der Waals surface area contributed by atoms with E-state index in [1.807, 2.05) is 12.1 Å². The summed E-state index contributed by atoms with van der Waals surface area (Å²) >= 11 is 0. The number of fused-ring (bicyclic) bond motifs is 3. The molecular weight excluding hydrogens is 350 g/mol. The van der Waals surface area contributed by atoms with Crippen molar-refractivity contribution in [3.63, 3.8) is 0 Å². The van der Waals surface area contributed by atoms with Gasteiger partial charge in [-0.2, -0.15) is 10.4 Å². The number of nitrogens with zero attached hydrogens (tertiary/aromatic N) is 3. The summed E-state index contributed by atoms with van der Waals surface area (Å²) in [6.07, 6.45) is 6.59. The molecule has 6 heteroatoms. The number of nitrogens with one attached hydrogen (secondary N) is 2. The SMILES string of the molecule is N#Cc1ccc2c(c1)C1(CC1)C[C@H]2Nc1ccc2[nH]nc(-c3cnco3)c2c1. The van der Waals surface area contributed by atoms with E-state index >= 15 is 0 Å². The smallest absolute Gasteiger partial charge is 0.181 e. The first-order valence-corrected chi connectivity index (χ1v) is 9.44. The zero-order chi connectivity index (χ0) is 18.7. The molecule has 28 heavy (non-hydrogen) atoms. The van der Waals surface area contributed by atoms with Crippen LogP contribution in [0.2, 0.25) is 0 Å². The van der Waals surface area contributed by atoms with Gasteiger partial charge in [-0.25, -0.2) is 4.98 Å². The van der Waals surface area contributed by atoms with Gasteiger partial charge in [0.2, 0.25) is 0 Å². The van der Waals surface area contributed by atoms with Crippen LogP contribution in [0.5, 0.6) is 0 Å². The molecule has 2 aromatic heterocycles. The highest BCUT2D eigenvalue weighted by Crippen LogP contribution is 2.60. The van der Waals surface area contributed by atoms with Gasteiger partial charge in [-0.05, 0) is 66.1 Å². The number of nitriles is 1. The van der Waals surface area contributed by atoms with Gasteiger partial charge in [-0.15, -0.1) is 0 Å². The van der Waals surface area contributed by atoms with Gasteiger partial charge in [0.25, 0.3) is 0 Å². The summed E-state index contributed by atoms with van der Waals surface area (Å²) in [6, 6.07) is 14.9. The first kappa shape index (κ1) is 15.5. The van der Waals surface area contributed by atoms with Crippen molar-refractivity contribution in [2.24, 2.45) is 0 Å². The Kier molecular flexibility index (Phi) is 3.01. The molecule has 136 valence electrons. The van der Waals surface area contributed by atoms with Crippen LogP contribution in [0.1, 0.15) is 42.0 Å². The number of H-pyrrole nitrogens is 1. The van der Waals surface area contributed by atoms with Crippen molar-refractivity contribution >= 4 is 16.6 Å². The molecule has 0 unspecified atom stereocenters. The maximum atomic E-state index is 9.26. The lowest BCUT2D eigenvalue weighted by atomic mass is 9.97. The van der Waals surface area contributed by atoms with Crippen molar-refractivity contribution < 1.29 is 4.42 Å². The zero-order valence-electron chi connectivity index (χ0n) is 15.1. The summed E-state index contributed by atoms with van der Waals surface area (Å²) in [6.45, 7) is 0. The second-order valence-corrected chi connectivity index (χ2v) is 7.79. The van der Waals surface area contributed by atoms with E-state index in [1.54, 1.807) is 6.20 Å². The van der Waals surface area contributed by atoms with Gasteiger partial charge >= 0.3 is 0 Å². The molecule has 4 aromatic rings. The van der Waals surface area contributed by atoms with Crippen LogP contribution in [-0.4, -0.2) is 15.2 Å². The van der Waals surface area contributed by atoms with Crippen molar-refractivity contribution in [2.75, 3.05) is 5.32 Å². The molecule has 0 radical (unpaired) electrons. The van der Waals surface area contributed by atoms with Crippen molar-refractivity contribution in [3.8, 4) is 17.5 Å². The van der Waals surface area contributed by atoms with E-state index in [0.717, 1.165) is 34.3 Å². The molecule has 2 N–H and O–H groups in total. The average molecular weight is 367 g/mol. The fourth-order valence-corrected chi connectivity index (χ4v) is 4.58. The first-order chi connectivity index (χ1) is 13.8. The number of hydrogen-bond donors (Lipinski definition) is 2. The Hall–Kier alpha value is -3.59. The number of oxazole rings is 1. The Morgan fingerprint density at radius 2 is 2.14 bits per heavy atom. The predicted molar refractivity (Wildman–Crippen MR) is 105 cm³/mol. The summed E-state index contributed by atoms with van der Waals surface area (Å²) in [5.74, 6) is 0.649. The Balaban J connectivity index is 1.37. The van der Waals surface area contributed by atoms with E-state index in [1.165, 1.54) is 30.4 Å². The molecule has 1 saturated carbocycles. The molecule has 6 nitrogen and oxygen atoms in total. The zero-order valence-corrected chi connectivity index (χ0v) is 15.1. The van der Waals surface area contributed by atoms with Crippen LogP contribution in [0.4, 0.5) is 5.69 Å². The summed E-state index contributed by atoms with van der Waals surface area (Å²) < 4.78 is 5.42. The Morgan fingerprint density at radius 1 is 1.21 bits per heavy atom. The molecule has 1 atom stereocenters. The van der Waals surface area contributed by atoms with Gasteiger partial charge in [-0.1, -0.05) is 6.07 Å². The Labute approximate surface area is 161 Å². The van der Waals surface area contributed by atoms with E-state index < -0.39 is 0 Å². The molecule has 0 bridgehead atoms. The predicted octanol–water partition coefficient (Wildman–Crippen LogP) is 4.68. The van der Waals surface area contributed by atoms with Crippen LogP contribution in [-0.2, 0) is 5.41 Å². The normalized spacial score (nSPS) is 18.9. The standard InChI is InChI=1S/C22H17N5O/c23-10-13-1-3-15-17(7-13)22(5-6-22)9-19(15)25-14-2-4-18-16(8-14)21(27-26-18)20-11-24-12-28-20/h1-4,7-8,11-12,19,25H,5-6,9H2,(H,26,27)/t19-/m1/s1. The van der Waals surface area contributed by atoms with E-state index in [9.17, 15) is 5.26 Å². The van der Waals surface area contributed by atoms with Crippen LogP contribution in [0.3, 0.4) is 0 Å². The maximum absolute atomic E-state index is 9.26. The highest BCUT2D eigenvalue weighted by molar-refractivity contribution is 5.93. The van der Waals surface area contributed by atoms with Crippen LogP contribution in [0, 0.1) is 11.3 Å². The van der Waals surface area contributed by atoms with Gasteiger partial charge < -0.3 is 9.73 Å². The fourth-order valence-electron chi connectivity index (χ4n) is 4.58. The quantitative estimate of drug-likeness (QED) is 0.549. The highest BCUT2D eigenvalue weighted by atomic mass is 16.3. The van der Waals surface area contributed by atoms with Gasteiger partial charge in [0, 0.05) is 11.1 Å². The van der Waals surface area contributed by atoms with E-state index in [2.05, 4.69) is 50.8 Å². The van der Waals surface area contributed by atoms with Crippen molar-refractivity contribution in [1.29, 1.82) is 5.26 Å². The van der Waals surface area contributed by atoms with Crippen LogP contribution < -0.4 is 5.32 Å². The molecule has 2 heterocycles. The summed E-state index contributed by atoms with van der Waals surface area (Å²) in [7, 11) is 0. The molecule has 0 saturated heterocycles. The monoisotopic (exact) mass is 367 g/mol. The summed E-state index contributed by atoms with van der Waals surface area (Å²) in [5.41, 5.74) is 6.47. The lowest BCUT2D eigenvalue weighted by molar-refractivity contribution is 0.570. The van der Waals surface area contributed by atoms with Gasteiger partial charge in [0.1, 0.15) is 5.69 Å². The third-order valence-corrected chi connectivity index (χ3v) is 6.15. The largest absolute Gasteiger partial charge is 0.442 e. The first-order valence-electron chi connectivity index (χ1n) is 9.44. The van der Waals surface area contributed by atoms with Crippen LogP contribution >= 0.6 is 0 Å². The number of anilines is 1. The molecule has 2 aromatic carbocycles. The molecular formula is C22H17N5O. The minimum atomic E-state index is 0.253. The third kappa shape index (κ3) is 2.20. The lowest BCUT2D eigenvalue weighted by Gasteiger charge is -2.16. The molecule has 0 amide bonds. The summed E-state index contributed by atoms with van der Waals surface area (Å²) in [4.78, 5) is 3.99. The fraction of sp³-hybridized carbons (Fsp3) is 0.227. The van der Waals surface area contributed by atoms with E-state index in [0.29, 0.717) is 5.76 Å². The third-order valence-electron chi connectivity index (χ3n) is 6.15. The maximum Gasteiger partial charge on any atom is 0.181 e. The average Bonchev–Trinajstić information content (AvgIpc) is 3.07. The Bertz CT molecular complexity index is 1240. The van der Waals surface area contributed by atoms with E-state index in [-0.39, 0.29) is 11.5 Å². The molecule has 6 rings (SSSR count). The number of aromatic amines is 1. The van der Waals surface area contributed by atoms with Crippen LogP contribution in [0.15, 0.2) is 53.4 Å². The van der Waals surface area contributed by atoms with Gasteiger partial charge in [0.05, 0.1) is 29.4 Å². The number of aromatic nitrogens is 3. The second-order valence-electron chi connectivity index (χ2n) is 7.79. The minimum absolute atomic E-state index is 0.253. The topological polar surface area (TPSA) is 90.5 Å². The van der Waals surface area contributed by atoms with E-state index in [4.69, 9.17) is 4.42 Å². The Morgan fingerprint density at radius 3 is 2.93 bits per heavy atom. The van der Waals surface area contributed by atoms with Gasteiger partial charge in [-0.3, -0.25) is 5.10 Å². The second kappa shape index (κ2) is 5.46.